The van der Waals surface area contributed by atoms with E-state index in [0.29, 0.717) is 17.9 Å². The Kier molecular flexibility index (Phi) is 2.61. The number of rotatable bonds is 2. The standard InChI is InChI=1S/C14H17NO2/c16-9-11-8-10-4-3-7-13(10)15(14(11)17)12-5-1-2-6-12/h8-9,12H,1-7H2. The predicted octanol–water partition coefficient (Wildman–Crippen LogP) is 2.26. The molecule has 0 radical (unpaired) electrons. The summed E-state index contributed by atoms with van der Waals surface area (Å²) in [4.78, 5) is 23.3. The number of nitrogens with zero attached hydrogens (tertiary/aromatic N) is 1. The molecule has 17 heavy (non-hydrogen) atoms. The minimum atomic E-state index is -0.0625. The zero-order valence-electron chi connectivity index (χ0n) is 9.95. The molecule has 1 aromatic rings. The molecule has 3 rings (SSSR count). The average Bonchev–Trinajstić information content (AvgIpc) is 2.97. The van der Waals surface area contributed by atoms with Crippen LogP contribution in [0.25, 0.3) is 0 Å². The van der Waals surface area contributed by atoms with Gasteiger partial charge in [-0.15, -0.1) is 0 Å². The van der Waals surface area contributed by atoms with E-state index in [2.05, 4.69) is 0 Å². The number of aryl methyl sites for hydroxylation is 1. The minimum absolute atomic E-state index is 0.0625. The number of carbonyl (C=O) groups excluding carboxylic acids is 1. The molecule has 0 spiro atoms. The molecule has 1 aromatic heterocycles. The van der Waals surface area contributed by atoms with Crippen LogP contribution in [0.1, 0.15) is 59.8 Å². The topological polar surface area (TPSA) is 39.1 Å². The maximum Gasteiger partial charge on any atom is 0.261 e. The summed E-state index contributed by atoms with van der Waals surface area (Å²) in [6, 6.07) is 2.15. The Morgan fingerprint density at radius 2 is 1.94 bits per heavy atom. The van der Waals surface area contributed by atoms with Gasteiger partial charge in [0, 0.05) is 11.7 Å². The maximum absolute atomic E-state index is 12.3. The first kappa shape index (κ1) is 10.8. The fourth-order valence-electron chi connectivity index (χ4n) is 3.33. The number of fused-ring (bicyclic) bond motifs is 1. The van der Waals surface area contributed by atoms with Crippen LogP contribution >= 0.6 is 0 Å². The first-order valence-electron chi connectivity index (χ1n) is 6.53. The number of hydrogen-bond donors (Lipinski definition) is 0. The van der Waals surface area contributed by atoms with Crippen LogP contribution in [0.5, 0.6) is 0 Å². The summed E-state index contributed by atoms with van der Waals surface area (Å²) >= 11 is 0. The lowest BCUT2D eigenvalue weighted by Gasteiger charge is -2.19. The quantitative estimate of drug-likeness (QED) is 0.732. The Morgan fingerprint density at radius 1 is 1.18 bits per heavy atom. The van der Waals surface area contributed by atoms with Crippen LogP contribution in [0, 0.1) is 0 Å². The van der Waals surface area contributed by atoms with Crippen LogP contribution in [0.4, 0.5) is 0 Å². The largest absolute Gasteiger partial charge is 0.309 e. The summed E-state index contributed by atoms with van der Waals surface area (Å²) in [5, 5.41) is 0. The molecule has 0 unspecified atom stereocenters. The summed E-state index contributed by atoms with van der Waals surface area (Å²) in [5.41, 5.74) is 2.70. The van der Waals surface area contributed by atoms with E-state index < -0.39 is 0 Å². The first-order chi connectivity index (χ1) is 8.31. The fraction of sp³-hybridized carbons (Fsp3) is 0.571. The highest BCUT2D eigenvalue weighted by Crippen LogP contribution is 2.32. The average molecular weight is 231 g/mol. The zero-order chi connectivity index (χ0) is 11.8. The summed E-state index contributed by atoms with van der Waals surface area (Å²) < 4.78 is 1.94. The van der Waals surface area contributed by atoms with Crippen molar-refractivity contribution in [2.75, 3.05) is 0 Å². The second kappa shape index (κ2) is 4.13. The van der Waals surface area contributed by atoms with E-state index >= 15 is 0 Å². The van der Waals surface area contributed by atoms with Gasteiger partial charge in [0.2, 0.25) is 0 Å². The van der Waals surface area contributed by atoms with E-state index in [1.54, 1.807) is 0 Å². The van der Waals surface area contributed by atoms with Gasteiger partial charge in [-0.05, 0) is 43.7 Å². The Balaban J connectivity index is 2.20. The lowest BCUT2D eigenvalue weighted by molar-refractivity contribution is 0.112. The minimum Gasteiger partial charge on any atom is -0.309 e. The molecular weight excluding hydrogens is 214 g/mol. The molecule has 3 heteroatoms. The molecule has 2 aliphatic carbocycles. The van der Waals surface area contributed by atoms with E-state index in [1.165, 1.54) is 24.1 Å². The number of aromatic nitrogens is 1. The maximum atomic E-state index is 12.3. The molecule has 3 nitrogen and oxygen atoms in total. The van der Waals surface area contributed by atoms with Gasteiger partial charge < -0.3 is 4.57 Å². The van der Waals surface area contributed by atoms with Crippen molar-refractivity contribution in [3.63, 3.8) is 0 Å². The Morgan fingerprint density at radius 3 is 2.65 bits per heavy atom. The molecule has 1 saturated carbocycles. The second-order valence-corrected chi connectivity index (χ2v) is 5.16. The number of aldehydes is 1. The zero-order valence-corrected chi connectivity index (χ0v) is 9.95. The highest BCUT2D eigenvalue weighted by Gasteiger charge is 2.25. The van der Waals surface area contributed by atoms with Crippen molar-refractivity contribution in [1.29, 1.82) is 0 Å². The third-order valence-electron chi connectivity index (χ3n) is 4.13. The van der Waals surface area contributed by atoms with E-state index in [-0.39, 0.29) is 5.56 Å². The summed E-state index contributed by atoms with van der Waals surface area (Å²) in [5.74, 6) is 0. The van der Waals surface area contributed by atoms with Gasteiger partial charge in [-0.2, -0.15) is 0 Å². The molecule has 0 aromatic carbocycles. The van der Waals surface area contributed by atoms with Crippen molar-refractivity contribution < 1.29 is 4.79 Å². The van der Waals surface area contributed by atoms with Crippen molar-refractivity contribution in [2.24, 2.45) is 0 Å². The highest BCUT2D eigenvalue weighted by atomic mass is 16.1. The van der Waals surface area contributed by atoms with Gasteiger partial charge >= 0.3 is 0 Å². The van der Waals surface area contributed by atoms with Crippen molar-refractivity contribution >= 4 is 6.29 Å². The lowest BCUT2D eigenvalue weighted by atomic mass is 10.1. The third-order valence-corrected chi connectivity index (χ3v) is 4.13. The molecule has 0 bridgehead atoms. The molecule has 1 heterocycles. The summed E-state index contributed by atoms with van der Waals surface area (Å²) in [7, 11) is 0. The monoisotopic (exact) mass is 231 g/mol. The summed E-state index contributed by atoms with van der Waals surface area (Å²) in [6.07, 6.45) is 8.44. The third kappa shape index (κ3) is 1.65. The van der Waals surface area contributed by atoms with Gasteiger partial charge in [0.15, 0.2) is 6.29 Å². The van der Waals surface area contributed by atoms with Gasteiger partial charge in [0.1, 0.15) is 0 Å². The van der Waals surface area contributed by atoms with E-state index in [0.717, 1.165) is 32.1 Å². The number of carbonyl (C=O) groups is 1. The van der Waals surface area contributed by atoms with Gasteiger partial charge in [-0.1, -0.05) is 12.8 Å². The van der Waals surface area contributed by atoms with Crippen molar-refractivity contribution in [2.45, 2.75) is 51.0 Å². The first-order valence-corrected chi connectivity index (χ1v) is 6.53. The van der Waals surface area contributed by atoms with E-state index in [4.69, 9.17) is 0 Å². The Labute approximate surface area is 100 Å². The van der Waals surface area contributed by atoms with Crippen LogP contribution in [0.15, 0.2) is 10.9 Å². The van der Waals surface area contributed by atoms with Crippen LogP contribution in [-0.4, -0.2) is 10.9 Å². The molecule has 0 N–H and O–H groups in total. The Hall–Kier alpha value is -1.38. The van der Waals surface area contributed by atoms with Crippen molar-refractivity contribution in [3.05, 3.63) is 33.2 Å². The van der Waals surface area contributed by atoms with Gasteiger partial charge in [-0.25, -0.2) is 0 Å². The highest BCUT2D eigenvalue weighted by molar-refractivity contribution is 5.74. The van der Waals surface area contributed by atoms with Crippen LogP contribution in [-0.2, 0) is 12.8 Å². The van der Waals surface area contributed by atoms with Crippen LogP contribution < -0.4 is 5.56 Å². The molecule has 2 aliphatic rings. The molecular formula is C14H17NO2. The summed E-state index contributed by atoms with van der Waals surface area (Å²) in [6.45, 7) is 0. The predicted molar refractivity (Wildman–Crippen MR) is 65.6 cm³/mol. The van der Waals surface area contributed by atoms with Gasteiger partial charge in [0.05, 0.1) is 5.56 Å². The second-order valence-electron chi connectivity index (χ2n) is 5.16. The molecule has 1 fully saturated rings. The smallest absolute Gasteiger partial charge is 0.261 e. The molecule has 0 aliphatic heterocycles. The normalized spacial score (nSPS) is 19.5. The number of hydrogen-bond acceptors (Lipinski definition) is 2. The van der Waals surface area contributed by atoms with Crippen LogP contribution in [0.2, 0.25) is 0 Å². The van der Waals surface area contributed by atoms with Gasteiger partial charge in [0.25, 0.3) is 5.56 Å². The molecule has 0 saturated heterocycles. The van der Waals surface area contributed by atoms with E-state index in [1.807, 2.05) is 10.6 Å². The molecule has 0 atom stereocenters. The van der Waals surface area contributed by atoms with E-state index in [9.17, 15) is 9.59 Å². The Bertz CT molecular complexity index is 510. The molecule has 90 valence electrons. The van der Waals surface area contributed by atoms with Crippen molar-refractivity contribution in [3.8, 4) is 0 Å². The lowest BCUT2D eigenvalue weighted by Crippen LogP contribution is -2.29. The van der Waals surface area contributed by atoms with Crippen molar-refractivity contribution in [1.82, 2.24) is 4.57 Å². The fourth-order valence-corrected chi connectivity index (χ4v) is 3.33. The van der Waals surface area contributed by atoms with Crippen LogP contribution in [0.3, 0.4) is 0 Å². The van der Waals surface area contributed by atoms with Gasteiger partial charge in [-0.3, -0.25) is 9.59 Å². The number of pyridine rings is 1. The molecule has 0 amide bonds. The SMILES string of the molecule is O=Cc1cc2c(n(C3CCCC3)c1=O)CCC2.